The van der Waals surface area contributed by atoms with E-state index in [-0.39, 0.29) is 4.90 Å². The van der Waals surface area contributed by atoms with E-state index in [0.29, 0.717) is 0 Å². The van der Waals surface area contributed by atoms with Crippen LogP contribution in [0.1, 0.15) is 11.3 Å². The van der Waals surface area contributed by atoms with Crippen LogP contribution in [0, 0.1) is 13.8 Å². The first-order chi connectivity index (χ1) is 8.39. The van der Waals surface area contributed by atoms with Gasteiger partial charge in [-0.2, -0.15) is 8.42 Å². The number of rotatable bonds is 1. The van der Waals surface area contributed by atoms with E-state index >= 15 is 0 Å². The Hall–Kier alpha value is -1.79. The van der Waals surface area contributed by atoms with Crippen LogP contribution in [0.5, 0.6) is 0 Å². The molecule has 0 saturated carbocycles. The van der Waals surface area contributed by atoms with Gasteiger partial charge in [0.05, 0.1) is 10.6 Å². The van der Waals surface area contributed by atoms with Gasteiger partial charge in [-0.25, -0.2) is 0 Å². The van der Waals surface area contributed by atoms with Gasteiger partial charge in [0.25, 0.3) is 10.1 Å². The van der Waals surface area contributed by atoms with Gasteiger partial charge < -0.3 is 0 Å². The lowest BCUT2D eigenvalue weighted by molar-refractivity contribution is 0.483. The van der Waals surface area contributed by atoms with E-state index < -0.39 is 10.1 Å². The van der Waals surface area contributed by atoms with Crippen molar-refractivity contribution in [3.05, 3.63) is 54.1 Å². The Balaban J connectivity index is 0.000000199. The van der Waals surface area contributed by atoms with Crippen molar-refractivity contribution in [2.24, 2.45) is 0 Å². The minimum atomic E-state index is -4.02. The van der Waals surface area contributed by atoms with Gasteiger partial charge in [0.2, 0.25) is 0 Å². The van der Waals surface area contributed by atoms with Crippen molar-refractivity contribution in [3.63, 3.8) is 0 Å². The Morgan fingerprint density at radius 2 is 1.67 bits per heavy atom. The highest BCUT2D eigenvalue weighted by atomic mass is 32.2. The predicted molar refractivity (Wildman–Crippen MR) is 67.8 cm³/mol. The number of aryl methyl sites for hydroxylation is 2. The molecule has 0 aliphatic carbocycles. The van der Waals surface area contributed by atoms with Crippen molar-refractivity contribution < 1.29 is 13.0 Å². The van der Waals surface area contributed by atoms with E-state index in [1.165, 1.54) is 12.1 Å². The molecule has 0 radical (unpaired) electrons. The highest BCUT2D eigenvalue weighted by Gasteiger charge is 2.06. The zero-order valence-corrected chi connectivity index (χ0v) is 10.9. The number of hydrogen-bond donors (Lipinski definition) is 1. The molecule has 0 amide bonds. The molecule has 2 aromatic rings. The van der Waals surface area contributed by atoms with Crippen LogP contribution in [-0.4, -0.2) is 22.9 Å². The number of hydrogen-bond acceptors (Lipinski definition) is 4. The van der Waals surface area contributed by atoms with Gasteiger partial charge >= 0.3 is 0 Å². The van der Waals surface area contributed by atoms with Crippen LogP contribution in [-0.2, 0) is 10.1 Å². The summed E-state index contributed by atoms with van der Waals surface area (Å²) in [5.74, 6) is 0. The Morgan fingerprint density at radius 3 is 2.00 bits per heavy atom. The van der Waals surface area contributed by atoms with Crippen LogP contribution in [0.4, 0.5) is 0 Å². The lowest BCUT2D eigenvalue weighted by Crippen LogP contribution is -1.96. The molecule has 0 bridgehead atoms. The molecule has 1 aromatic carbocycles. The molecule has 0 spiro atoms. The van der Waals surface area contributed by atoms with Crippen molar-refractivity contribution in [2.45, 2.75) is 18.7 Å². The van der Waals surface area contributed by atoms with E-state index in [9.17, 15) is 8.42 Å². The summed E-state index contributed by atoms with van der Waals surface area (Å²) in [5, 5.41) is 0. The highest BCUT2D eigenvalue weighted by molar-refractivity contribution is 7.85. The van der Waals surface area contributed by atoms with Gasteiger partial charge in [0.15, 0.2) is 0 Å². The van der Waals surface area contributed by atoms with Gasteiger partial charge in [-0.3, -0.25) is 14.5 Å². The molecule has 18 heavy (non-hydrogen) atoms. The molecule has 2 rings (SSSR count). The van der Waals surface area contributed by atoms with Crippen LogP contribution < -0.4 is 0 Å². The number of aromatic nitrogens is 2. The molecule has 1 aromatic heterocycles. The standard InChI is InChI=1S/C7H8O3S.C5H6N2/c1-6-2-4-7(5-3-6)11(8,9)10;1-5-4-6-2-3-7-5/h2-5H,1H3,(H,8,9,10);2-4H,1H3. The summed E-state index contributed by atoms with van der Waals surface area (Å²) >= 11 is 0. The largest absolute Gasteiger partial charge is 0.294 e. The highest BCUT2D eigenvalue weighted by Crippen LogP contribution is 2.08. The molecule has 0 aliphatic heterocycles. The lowest BCUT2D eigenvalue weighted by atomic mass is 10.2. The minimum absolute atomic E-state index is 0.0666. The van der Waals surface area contributed by atoms with Crippen molar-refractivity contribution in [1.29, 1.82) is 0 Å². The van der Waals surface area contributed by atoms with Gasteiger partial charge in [-0.05, 0) is 26.0 Å². The maximum Gasteiger partial charge on any atom is 0.294 e. The second-order valence-electron chi connectivity index (χ2n) is 3.63. The molecule has 0 unspecified atom stereocenters. The summed E-state index contributed by atoms with van der Waals surface area (Å²) in [6, 6.07) is 5.99. The normalized spacial score (nSPS) is 10.4. The van der Waals surface area contributed by atoms with Crippen LogP contribution in [0.15, 0.2) is 47.8 Å². The first-order valence-electron chi connectivity index (χ1n) is 5.16. The van der Waals surface area contributed by atoms with Crippen molar-refractivity contribution >= 4 is 10.1 Å². The fourth-order valence-electron chi connectivity index (χ4n) is 1.08. The van der Waals surface area contributed by atoms with E-state index in [0.717, 1.165) is 11.3 Å². The van der Waals surface area contributed by atoms with Crippen molar-refractivity contribution in [2.75, 3.05) is 0 Å². The Labute approximate surface area is 106 Å². The molecule has 0 saturated heterocycles. The third-order valence-electron chi connectivity index (χ3n) is 2.01. The third-order valence-corrected chi connectivity index (χ3v) is 2.88. The van der Waals surface area contributed by atoms with Crippen molar-refractivity contribution in [1.82, 2.24) is 9.97 Å². The van der Waals surface area contributed by atoms with E-state index in [4.69, 9.17) is 4.55 Å². The molecule has 0 fully saturated rings. The molecule has 1 N–H and O–H groups in total. The summed E-state index contributed by atoms with van der Waals surface area (Å²) in [6.45, 7) is 3.75. The number of benzene rings is 1. The minimum Gasteiger partial charge on any atom is -0.282 e. The summed E-state index contributed by atoms with van der Waals surface area (Å²) in [7, 11) is -4.02. The quantitative estimate of drug-likeness (QED) is 0.799. The SMILES string of the molecule is Cc1ccc(S(=O)(=O)O)cc1.Cc1cnccn1. The van der Waals surface area contributed by atoms with E-state index in [1.54, 1.807) is 30.7 Å². The van der Waals surface area contributed by atoms with Crippen LogP contribution in [0.2, 0.25) is 0 Å². The monoisotopic (exact) mass is 266 g/mol. The average Bonchev–Trinajstić information content (AvgIpc) is 2.30. The van der Waals surface area contributed by atoms with E-state index in [1.807, 2.05) is 13.8 Å². The van der Waals surface area contributed by atoms with E-state index in [2.05, 4.69) is 9.97 Å². The van der Waals surface area contributed by atoms with Gasteiger partial charge in [0, 0.05) is 18.6 Å². The van der Waals surface area contributed by atoms with Gasteiger partial charge in [-0.1, -0.05) is 17.7 Å². The Kier molecular flexibility index (Phi) is 4.94. The van der Waals surface area contributed by atoms with Crippen LogP contribution >= 0.6 is 0 Å². The van der Waals surface area contributed by atoms with Gasteiger partial charge in [-0.15, -0.1) is 0 Å². The molecule has 6 heteroatoms. The molecule has 5 nitrogen and oxygen atoms in total. The molecular weight excluding hydrogens is 252 g/mol. The fourth-order valence-corrected chi connectivity index (χ4v) is 1.56. The first kappa shape index (κ1) is 14.3. The summed E-state index contributed by atoms with van der Waals surface area (Å²) in [5.41, 5.74) is 1.92. The summed E-state index contributed by atoms with van der Waals surface area (Å²) in [6.07, 6.45) is 5.06. The second-order valence-corrected chi connectivity index (χ2v) is 5.06. The molecule has 96 valence electrons. The molecular formula is C12H14N2O3S. The zero-order valence-electron chi connectivity index (χ0n) is 10.1. The summed E-state index contributed by atoms with van der Waals surface area (Å²) in [4.78, 5) is 7.67. The first-order valence-corrected chi connectivity index (χ1v) is 6.60. The molecule has 0 aliphatic rings. The van der Waals surface area contributed by atoms with Crippen molar-refractivity contribution in [3.8, 4) is 0 Å². The lowest BCUT2D eigenvalue weighted by Gasteiger charge is -1.95. The average molecular weight is 266 g/mol. The van der Waals surface area contributed by atoms with Gasteiger partial charge in [0.1, 0.15) is 0 Å². The smallest absolute Gasteiger partial charge is 0.282 e. The predicted octanol–water partition coefficient (Wildman–Crippen LogP) is 2.03. The summed E-state index contributed by atoms with van der Waals surface area (Å²) < 4.78 is 29.6. The van der Waals surface area contributed by atoms with Crippen LogP contribution in [0.25, 0.3) is 0 Å². The fraction of sp³-hybridized carbons (Fsp3) is 0.167. The Morgan fingerprint density at radius 1 is 1.06 bits per heavy atom. The van der Waals surface area contributed by atoms with Crippen LogP contribution in [0.3, 0.4) is 0 Å². The zero-order chi connectivity index (χ0) is 13.6. The topological polar surface area (TPSA) is 80.2 Å². The Bertz CT molecular complexity index is 580. The third kappa shape index (κ3) is 5.03. The second kappa shape index (κ2) is 6.23. The molecule has 1 heterocycles. The number of nitrogens with zero attached hydrogens (tertiary/aromatic N) is 2. The maximum absolute atomic E-state index is 10.5. The molecule has 0 atom stereocenters. The maximum atomic E-state index is 10.5.